The molecule has 1 aromatic carbocycles. The van der Waals surface area contributed by atoms with Crippen molar-refractivity contribution in [2.75, 3.05) is 24.5 Å². The number of ether oxygens (including phenoxy) is 1. The van der Waals surface area contributed by atoms with E-state index in [9.17, 15) is 18.7 Å². The van der Waals surface area contributed by atoms with E-state index in [0.717, 1.165) is 19.4 Å². The second-order valence-corrected chi connectivity index (χ2v) is 5.93. The summed E-state index contributed by atoms with van der Waals surface area (Å²) in [4.78, 5) is 16.2. The number of amides is 1. The molecule has 126 valence electrons. The molecule has 0 saturated carbocycles. The molecule has 5 nitrogen and oxygen atoms in total. The first-order chi connectivity index (χ1) is 11.1. The van der Waals surface area contributed by atoms with Crippen LogP contribution in [0.1, 0.15) is 19.3 Å². The number of carbonyl (C=O) groups is 1. The minimum atomic E-state index is -2.93. The summed E-state index contributed by atoms with van der Waals surface area (Å²) in [6.07, 6.45) is 1.83. The topological polar surface area (TPSA) is 53.0 Å². The lowest BCUT2D eigenvalue weighted by Gasteiger charge is -2.33. The summed E-state index contributed by atoms with van der Waals surface area (Å²) < 4.78 is 29.6. The second-order valence-electron chi connectivity index (χ2n) is 5.93. The highest BCUT2D eigenvalue weighted by molar-refractivity contribution is 6.00. The second kappa shape index (κ2) is 6.80. The van der Waals surface area contributed by atoms with E-state index in [4.69, 9.17) is 0 Å². The molecule has 1 N–H and O–H groups in total. The zero-order valence-electron chi connectivity index (χ0n) is 12.7. The largest absolute Gasteiger partial charge is 0.433 e. The fraction of sp³-hybridized carbons (Fsp3) is 0.562. The van der Waals surface area contributed by atoms with Crippen LogP contribution >= 0.6 is 0 Å². The van der Waals surface area contributed by atoms with Gasteiger partial charge >= 0.3 is 6.61 Å². The molecule has 2 heterocycles. The molecule has 7 heteroatoms. The van der Waals surface area contributed by atoms with E-state index in [0.29, 0.717) is 25.2 Å². The van der Waals surface area contributed by atoms with Crippen molar-refractivity contribution in [1.82, 2.24) is 4.90 Å². The van der Waals surface area contributed by atoms with Gasteiger partial charge in [0.1, 0.15) is 5.75 Å². The van der Waals surface area contributed by atoms with Crippen LogP contribution < -0.4 is 9.64 Å². The van der Waals surface area contributed by atoms with E-state index in [-0.39, 0.29) is 17.7 Å². The molecule has 0 spiro atoms. The Hall–Kier alpha value is -1.73. The molecule has 0 aliphatic carbocycles. The van der Waals surface area contributed by atoms with Crippen molar-refractivity contribution in [3.63, 3.8) is 0 Å². The highest BCUT2D eigenvalue weighted by Crippen LogP contribution is 2.34. The Morgan fingerprint density at radius 1 is 1.22 bits per heavy atom. The van der Waals surface area contributed by atoms with Gasteiger partial charge in [-0.15, -0.1) is 0 Å². The molecule has 2 aliphatic rings. The fourth-order valence-electron chi connectivity index (χ4n) is 3.39. The first-order valence-electron chi connectivity index (χ1n) is 7.83. The predicted octanol–water partition coefficient (Wildman–Crippen LogP) is 1.85. The molecule has 2 atom stereocenters. The van der Waals surface area contributed by atoms with Crippen LogP contribution in [0, 0.1) is 0 Å². The smallest absolute Gasteiger partial charge is 0.387 e. The average molecular weight is 326 g/mol. The molecule has 1 aromatic rings. The van der Waals surface area contributed by atoms with Gasteiger partial charge in [0.05, 0.1) is 17.8 Å². The Balaban J connectivity index is 1.77. The van der Waals surface area contributed by atoms with Crippen molar-refractivity contribution in [1.29, 1.82) is 0 Å². The third-order valence-electron chi connectivity index (χ3n) is 4.42. The highest BCUT2D eigenvalue weighted by atomic mass is 19.3. The van der Waals surface area contributed by atoms with Crippen LogP contribution in [0.25, 0.3) is 0 Å². The third kappa shape index (κ3) is 3.45. The lowest BCUT2D eigenvalue weighted by atomic mass is 10.1. The first-order valence-corrected chi connectivity index (χ1v) is 7.83. The molecule has 2 unspecified atom stereocenters. The van der Waals surface area contributed by atoms with Gasteiger partial charge < -0.3 is 14.7 Å². The Bertz CT molecular complexity index is 570. The quantitative estimate of drug-likeness (QED) is 0.917. The van der Waals surface area contributed by atoms with Gasteiger partial charge in [-0.25, -0.2) is 0 Å². The molecule has 1 amide bonds. The standard InChI is InChI=1S/C16H20F2N2O3/c17-16(18)23-14-6-2-1-5-12(14)20-9-7-13(15(20)22)19-8-3-4-11(21)10-19/h1-2,5-6,11,13,16,21H,3-4,7-10H2. The van der Waals surface area contributed by atoms with Gasteiger partial charge in [-0.05, 0) is 37.9 Å². The average Bonchev–Trinajstić information content (AvgIpc) is 2.89. The van der Waals surface area contributed by atoms with E-state index in [1.165, 1.54) is 11.0 Å². The zero-order chi connectivity index (χ0) is 16.4. The highest BCUT2D eigenvalue weighted by Gasteiger charge is 2.39. The number of rotatable bonds is 4. The number of nitrogens with zero attached hydrogens (tertiary/aromatic N) is 2. The van der Waals surface area contributed by atoms with Gasteiger partial charge in [-0.3, -0.25) is 9.69 Å². The number of β-amino-alcohol motifs (C(OH)–C–C–N with tert-alkyl or cyclic N) is 1. The summed E-state index contributed by atoms with van der Waals surface area (Å²) >= 11 is 0. The molecule has 3 rings (SSSR count). The van der Waals surface area contributed by atoms with Gasteiger partial charge in [0.15, 0.2) is 0 Å². The van der Waals surface area contributed by atoms with E-state index in [1.54, 1.807) is 18.2 Å². The van der Waals surface area contributed by atoms with Crippen LogP contribution in [0.15, 0.2) is 24.3 Å². The van der Waals surface area contributed by atoms with Gasteiger partial charge in [0.25, 0.3) is 0 Å². The van der Waals surface area contributed by atoms with Crippen molar-refractivity contribution in [3.05, 3.63) is 24.3 Å². The van der Waals surface area contributed by atoms with E-state index in [1.807, 2.05) is 4.90 Å². The summed E-state index contributed by atoms with van der Waals surface area (Å²) in [5, 5.41) is 9.78. The predicted molar refractivity (Wildman–Crippen MR) is 80.6 cm³/mol. The number of anilines is 1. The number of alkyl halides is 2. The number of benzene rings is 1. The lowest BCUT2D eigenvalue weighted by molar-refractivity contribution is -0.122. The van der Waals surface area contributed by atoms with Crippen LogP contribution in [0.2, 0.25) is 0 Å². The summed E-state index contributed by atoms with van der Waals surface area (Å²) in [7, 11) is 0. The number of carbonyl (C=O) groups excluding carboxylic acids is 1. The Kier molecular flexibility index (Phi) is 4.77. The third-order valence-corrected chi connectivity index (χ3v) is 4.42. The van der Waals surface area contributed by atoms with Crippen molar-refractivity contribution in [3.8, 4) is 5.75 Å². The molecule has 2 aliphatic heterocycles. The van der Waals surface area contributed by atoms with E-state index < -0.39 is 12.7 Å². The van der Waals surface area contributed by atoms with Crippen LogP contribution in [0.3, 0.4) is 0 Å². The van der Waals surface area contributed by atoms with Crippen LogP contribution in [-0.4, -0.2) is 54.3 Å². The maximum absolute atomic E-state index is 12.7. The summed E-state index contributed by atoms with van der Waals surface area (Å²) in [6.45, 7) is -1.21. The Morgan fingerprint density at radius 3 is 2.74 bits per heavy atom. The summed E-state index contributed by atoms with van der Waals surface area (Å²) in [5.41, 5.74) is 0.373. The maximum atomic E-state index is 12.7. The van der Waals surface area contributed by atoms with Gasteiger partial charge in [0.2, 0.25) is 5.91 Å². The fourth-order valence-corrected chi connectivity index (χ4v) is 3.39. The minimum Gasteiger partial charge on any atom is -0.433 e. The normalized spacial score (nSPS) is 26.1. The van der Waals surface area contributed by atoms with E-state index >= 15 is 0 Å². The number of piperidine rings is 1. The molecule has 2 saturated heterocycles. The number of hydrogen-bond donors (Lipinski definition) is 1. The number of para-hydroxylation sites is 2. The van der Waals surface area contributed by atoms with Crippen LogP contribution in [0.4, 0.5) is 14.5 Å². The number of halogens is 2. The van der Waals surface area contributed by atoms with Crippen molar-refractivity contribution < 1.29 is 23.4 Å². The number of likely N-dealkylation sites (tertiary alicyclic amines) is 1. The number of aliphatic hydroxyl groups excluding tert-OH is 1. The monoisotopic (exact) mass is 326 g/mol. The van der Waals surface area contributed by atoms with Gasteiger partial charge in [0, 0.05) is 13.1 Å². The van der Waals surface area contributed by atoms with Crippen molar-refractivity contribution in [2.45, 2.75) is 38.0 Å². The molecular formula is C16H20F2N2O3. The minimum absolute atomic E-state index is 0.00942. The van der Waals surface area contributed by atoms with Crippen molar-refractivity contribution >= 4 is 11.6 Å². The Morgan fingerprint density at radius 2 is 2.00 bits per heavy atom. The van der Waals surface area contributed by atoms with Crippen molar-refractivity contribution in [2.24, 2.45) is 0 Å². The molecule has 0 radical (unpaired) electrons. The summed E-state index contributed by atoms with van der Waals surface area (Å²) in [6, 6.07) is 6.04. The molecule has 2 fully saturated rings. The molecule has 23 heavy (non-hydrogen) atoms. The van der Waals surface area contributed by atoms with E-state index in [2.05, 4.69) is 4.74 Å². The lowest BCUT2D eigenvalue weighted by Crippen LogP contribution is -2.48. The van der Waals surface area contributed by atoms with Gasteiger partial charge in [-0.2, -0.15) is 8.78 Å². The number of hydrogen-bond acceptors (Lipinski definition) is 4. The first kappa shape index (κ1) is 16.1. The molecular weight excluding hydrogens is 306 g/mol. The van der Waals surface area contributed by atoms with Crippen LogP contribution in [0.5, 0.6) is 5.75 Å². The SMILES string of the molecule is O=C1C(N2CCCC(O)C2)CCN1c1ccccc1OC(F)F. The maximum Gasteiger partial charge on any atom is 0.387 e. The number of aliphatic hydroxyl groups is 1. The Labute approximate surface area is 133 Å². The summed E-state index contributed by atoms with van der Waals surface area (Å²) in [5.74, 6) is -0.111. The molecule has 0 aromatic heterocycles. The zero-order valence-corrected chi connectivity index (χ0v) is 12.7. The molecule has 0 bridgehead atoms. The van der Waals surface area contributed by atoms with Crippen LogP contribution in [-0.2, 0) is 4.79 Å². The van der Waals surface area contributed by atoms with Gasteiger partial charge in [-0.1, -0.05) is 12.1 Å².